The molecule has 1 aromatic heterocycles. The summed E-state index contributed by atoms with van der Waals surface area (Å²) < 4.78 is 49.6. The Kier molecular flexibility index (Phi) is 7.13. The van der Waals surface area contributed by atoms with Gasteiger partial charge in [0.2, 0.25) is 15.2 Å². The highest BCUT2D eigenvalue weighted by Gasteiger charge is 2.13. The fourth-order valence-corrected chi connectivity index (χ4v) is 4.24. The molecule has 0 aliphatic carbocycles. The van der Waals surface area contributed by atoms with Gasteiger partial charge >= 0.3 is 0 Å². The predicted molar refractivity (Wildman–Crippen MR) is 110 cm³/mol. The van der Waals surface area contributed by atoms with Gasteiger partial charge in [-0.05, 0) is 48.4 Å². The molecule has 29 heavy (non-hydrogen) atoms. The van der Waals surface area contributed by atoms with Crippen molar-refractivity contribution in [3.05, 3.63) is 65.7 Å². The van der Waals surface area contributed by atoms with Gasteiger partial charge in [0.15, 0.2) is 0 Å². The fraction of sp³-hybridized carbons (Fsp3) is 0.263. The van der Waals surface area contributed by atoms with Crippen LogP contribution in [0.15, 0.2) is 53.4 Å². The summed E-state index contributed by atoms with van der Waals surface area (Å²) in [6.07, 6.45) is 1.03. The first-order valence-corrected chi connectivity index (χ1v) is 11.2. The first-order chi connectivity index (χ1) is 14.0. The number of hydrogen-bond acceptors (Lipinski definition) is 7. The lowest BCUT2D eigenvalue weighted by molar-refractivity contribution is 0.414. The second kappa shape index (κ2) is 9.77. The Morgan fingerprint density at radius 1 is 1.14 bits per heavy atom. The molecule has 0 bridgehead atoms. The van der Waals surface area contributed by atoms with Crippen molar-refractivity contribution < 1.29 is 17.5 Å². The van der Waals surface area contributed by atoms with Crippen LogP contribution in [0, 0.1) is 5.82 Å². The van der Waals surface area contributed by atoms with E-state index in [0.29, 0.717) is 36.1 Å². The molecule has 0 radical (unpaired) electrons. The van der Waals surface area contributed by atoms with Crippen molar-refractivity contribution in [2.45, 2.75) is 17.7 Å². The average Bonchev–Trinajstić information content (AvgIpc) is 3.15. The van der Waals surface area contributed by atoms with Crippen molar-refractivity contribution in [1.82, 2.24) is 14.1 Å². The second-order valence-electron chi connectivity index (χ2n) is 6.18. The minimum atomic E-state index is -3.55. The number of ether oxygens (including phenoxy) is 1. The normalized spacial score (nSPS) is 11.4. The third-order valence-corrected chi connectivity index (χ3v) is 6.20. The summed E-state index contributed by atoms with van der Waals surface area (Å²) in [6, 6.07) is 12.5. The van der Waals surface area contributed by atoms with Crippen molar-refractivity contribution in [3.63, 3.8) is 0 Å². The van der Waals surface area contributed by atoms with E-state index < -0.39 is 10.0 Å². The van der Waals surface area contributed by atoms with Gasteiger partial charge in [0.05, 0.1) is 12.0 Å². The molecule has 0 aliphatic heterocycles. The summed E-state index contributed by atoms with van der Waals surface area (Å²) in [5.74, 6) is 0.929. The number of nitrogens with one attached hydrogen (secondary N) is 2. The standard InChI is InChI=1S/C19H21FN4O3S2/c1-27-16-6-8-17(9-7-16)29(25,26)22-11-3-10-21-19-23-18(24-28-19)13-14-4-2-5-15(20)12-14/h2,4-9,12,22H,3,10-11,13H2,1H3,(H,21,23,24). The number of benzene rings is 2. The van der Waals surface area contributed by atoms with Crippen LogP contribution in [0.1, 0.15) is 17.8 Å². The topological polar surface area (TPSA) is 93.2 Å². The van der Waals surface area contributed by atoms with Crippen molar-refractivity contribution in [2.24, 2.45) is 0 Å². The zero-order chi connectivity index (χ0) is 20.7. The van der Waals surface area contributed by atoms with Crippen LogP contribution in [0.3, 0.4) is 0 Å². The maximum absolute atomic E-state index is 13.2. The predicted octanol–water partition coefficient (Wildman–Crippen LogP) is 3.06. The van der Waals surface area contributed by atoms with Crippen LogP contribution in [0.25, 0.3) is 0 Å². The molecule has 0 fully saturated rings. The largest absolute Gasteiger partial charge is 0.497 e. The second-order valence-corrected chi connectivity index (χ2v) is 8.69. The van der Waals surface area contributed by atoms with Gasteiger partial charge in [0, 0.05) is 31.0 Å². The van der Waals surface area contributed by atoms with Crippen LogP contribution in [-0.4, -0.2) is 38.0 Å². The zero-order valence-electron chi connectivity index (χ0n) is 15.8. The highest BCUT2D eigenvalue weighted by molar-refractivity contribution is 7.89. The summed E-state index contributed by atoms with van der Waals surface area (Å²) in [5.41, 5.74) is 0.808. The van der Waals surface area contributed by atoms with Crippen molar-refractivity contribution >= 4 is 26.7 Å². The summed E-state index contributed by atoms with van der Waals surface area (Å²) in [4.78, 5) is 4.56. The number of anilines is 1. The number of aromatic nitrogens is 2. The van der Waals surface area contributed by atoms with Crippen LogP contribution in [0.4, 0.5) is 9.52 Å². The SMILES string of the molecule is COc1ccc(S(=O)(=O)NCCCNc2nc(Cc3cccc(F)c3)ns2)cc1. The van der Waals surface area contributed by atoms with Gasteiger partial charge in [-0.15, -0.1) is 0 Å². The molecule has 0 spiro atoms. The molecule has 7 nitrogen and oxygen atoms in total. The molecule has 0 atom stereocenters. The first-order valence-electron chi connectivity index (χ1n) is 8.91. The minimum Gasteiger partial charge on any atom is -0.497 e. The molecule has 0 aliphatic rings. The van der Waals surface area contributed by atoms with Crippen molar-refractivity contribution in [3.8, 4) is 5.75 Å². The van der Waals surface area contributed by atoms with Crippen molar-refractivity contribution in [1.29, 1.82) is 0 Å². The monoisotopic (exact) mass is 436 g/mol. The van der Waals surface area contributed by atoms with Crippen LogP contribution in [0.2, 0.25) is 0 Å². The summed E-state index contributed by atoms with van der Waals surface area (Å²) in [5, 5.41) is 3.77. The average molecular weight is 437 g/mol. The van der Waals surface area contributed by atoms with Gasteiger partial charge in [0.25, 0.3) is 0 Å². The Balaban J connectivity index is 1.42. The van der Waals surface area contributed by atoms with Gasteiger partial charge in [-0.2, -0.15) is 4.37 Å². The van der Waals surface area contributed by atoms with Gasteiger partial charge in [0.1, 0.15) is 17.4 Å². The zero-order valence-corrected chi connectivity index (χ0v) is 17.4. The molecule has 0 unspecified atom stereocenters. The van der Waals surface area contributed by atoms with E-state index in [-0.39, 0.29) is 17.3 Å². The quantitative estimate of drug-likeness (QED) is 0.475. The van der Waals surface area contributed by atoms with Gasteiger partial charge in [-0.25, -0.2) is 22.5 Å². The number of nitrogens with zero attached hydrogens (tertiary/aromatic N) is 2. The molecule has 0 saturated heterocycles. The van der Waals surface area contributed by atoms with E-state index in [2.05, 4.69) is 19.4 Å². The van der Waals surface area contributed by atoms with Crippen molar-refractivity contribution in [2.75, 3.05) is 25.5 Å². The van der Waals surface area contributed by atoms with E-state index in [0.717, 1.165) is 5.56 Å². The molecule has 2 aromatic carbocycles. The number of methoxy groups -OCH3 is 1. The molecular formula is C19H21FN4O3S2. The first kappa shape index (κ1) is 21.2. The van der Waals surface area contributed by atoms with E-state index >= 15 is 0 Å². The van der Waals surface area contributed by atoms with E-state index in [1.807, 2.05) is 6.07 Å². The Hall–Kier alpha value is -2.56. The molecule has 10 heteroatoms. The lowest BCUT2D eigenvalue weighted by Gasteiger charge is -2.07. The van der Waals surface area contributed by atoms with Crippen LogP contribution < -0.4 is 14.8 Å². The Bertz CT molecular complexity index is 1040. The smallest absolute Gasteiger partial charge is 0.240 e. The maximum Gasteiger partial charge on any atom is 0.240 e. The minimum absolute atomic E-state index is 0.192. The van der Waals surface area contributed by atoms with Gasteiger partial charge in [-0.1, -0.05) is 12.1 Å². The van der Waals surface area contributed by atoms with E-state index in [4.69, 9.17) is 4.74 Å². The van der Waals surface area contributed by atoms with Gasteiger partial charge < -0.3 is 10.1 Å². The van der Waals surface area contributed by atoms with Crippen LogP contribution in [-0.2, 0) is 16.4 Å². The summed E-state index contributed by atoms with van der Waals surface area (Å²) in [6.45, 7) is 0.829. The lowest BCUT2D eigenvalue weighted by atomic mass is 10.1. The molecule has 3 rings (SSSR count). The molecule has 154 valence electrons. The number of hydrogen-bond donors (Lipinski definition) is 2. The lowest BCUT2D eigenvalue weighted by Crippen LogP contribution is -2.26. The number of halogens is 1. The Morgan fingerprint density at radius 3 is 2.66 bits per heavy atom. The highest BCUT2D eigenvalue weighted by Crippen LogP contribution is 2.16. The van der Waals surface area contributed by atoms with Crippen LogP contribution in [0.5, 0.6) is 5.75 Å². The highest BCUT2D eigenvalue weighted by atomic mass is 32.2. The Morgan fingerprint density at radius 2 is 1.93 bits per heavy atom. The summed E-state index contributed by atoms with van der Waals surface area (Å²) >= 11 is 1.22. The molecule has 1 heterocycles. The van der Waals surface area contributed by atoms with Crippen LogP contribution >= 0.6 is 11.5 Å². The third-order valence-electron chi connectivity index (χ3n) is 4.01. The molecule has 3 aromatic rings. The molecule has 0 amide bonds. The fourth-order valence-electron chi connectivity index (χ4n) is 2.56. The summed E-state index contributed by atoms with van der Waals surface area (Å²) in [7, 11) is -2.03. The molecule has 2 N–H and O–H groups in total. The van der Waals surface area contributed by atoms with Gasteiger partial charge in [-0.3, -0.25) is 0 Å². The number of rotatable bonds is 10. The van der Waals surface area contributed by atoms with E-state index in [1.165, 1.54) is 42.9 Å². The third kappa shape index (κ3) is 6.21. The van der Waals surface area contributed by atoms with E-state index in [9.17, 15) is 12.8 Å². The molecule has 0 saturated carbocycles. The van der Waals surface area contributed by atoms with E-state index in [1.54, 1.807) is 18.2 Å². The maximum atomic E-state index is 13.2. The number of sulfonamides is 1. The molecular weight excluding hydrogens is 415 g/mol. The Labute approximate surface area is 173 Å².